The van der Waals surface area contributed by atoms with E-state index < -0.39 is 0 Å². The zero-order valence-electron chi connectivity index (χ0n) is 9.79. The van der Waals surface area contributed by atoms with Gasteiger partial charge in [-0.05, 0) is 36.5 Å². The second-order valence-electron chi connectivity index (χ2n) is 4.25. The van der Waals surface area contributed by atoms with Crippen LogP contribution in [0.15, 0.2) is 18.2 Å². The lowest BCUT2D eigenvalue weighted by Crippen LogP contribution is -2.19. The molecular formula is C13H16BrFO2. The molecule has 1 aromatic carbocycles. The predicted molar refractivity (Wildman–Crippen MR) is 68.2 cm³/mol. The summed E-state index contributed by atoms with van der Waals surface area (Å²) in [5.41, 5.74) is 0.968. The molecule has 1 aliphatic heterocycles. The second kappa shape index (κ2) is 5.83. The highest BCUT2D eigenvalue weighted by molar-refractivity contribution is 9.09. The van der Waals surface area contributed by atoms with E-state index in [1.165, 1.54) is 7.11 Å². The van der Waals surface area contributed by atoms with Gasteiger partial charge in [0.25, 0.3) is 0 Å². The lowest BCUT2D eigenvalue weighted by molar-refractivity contribution is 0.0662. The molecule has 4 heteroatoms. The topological polar surface area (TPSA) is 18.5 Å². The van der Waals surface area contributed by atoms with Gasteiger partial charge >= 0.3 is 0 Å². The summed E-state index contributed by atoms with van der Waals surface area (Å²) < 4.78 is 23.9. The Morgan fingerprint density at radius 3 is 2.71 bits per heavy atom. The minimum Gasteiger partial charge on any atom is -0.494 e. The van der Waals surface area contributed by atoms with E-state index >= 15 is 0 Å². The Morgan fingerprint density at radius 2 is 2.12 bits per heavy atom. The first-order chi connectivity index (χ1) is 8.22. The Kier molecular flexibility index (Phi) is 4.40. The molecule has 1 atom stereocenters. The molecule has 0 aromatic heterocycles. The summed E-state index contributed by atoms with van der Waals surface area (Å²) in [4.78, 5) is 0.187. The zero-order valence-corrected chi connectivity index (χ0v) is 11.4. The van der Waals surface area contributed by atoms with Crippen molar-refractivity contribution in [2.75, 3.05) is 20.3 Å². The maximum Gasteiger partial charge on any atom is 0.165 e. The molecule has 1 aromatic rings. The molecule has 0 spiro atoms. The van der Waals surface area contributed by atoms with Gasteiger partial charge in [0, 0.05) is 18.0 Å². The Hall–Kier alpha value is -0.610. The first-order valence-electron chi connectivity index (χ1n) is 5.77. The molecule has 0 saturated carbocycles. The molecule has 2 rings (SSSR count). The molecule has 0 radical (unpaired) electrons. The van der Waals surface area contributed by atoms with E-state index in [0.29, 0.717) is 11.7 Å². The van der Waals surface area contributed by atoms with Crippen molar-refractivity contribution in [3.05, 3.63) is 29.6 Å². The second-order valence-corrected chi connectivity index (χ2v) is 5.23. The normalized spacial score (nSPS) is 19.0. The predicted octanol–water partition coefficient (Wildman–Crippen LogP) is 3.70. The molecule has 0 aliphatic carbocycles. The average molecular weight is 303 g/mol. The van der Waals surface area contributed by atoms with Crippen LogP contribution >= 0.6 is 15.9 Å². The summed E-state index contributed by atoms with van der Waals surface area (Å²) in [7, 11) is 1.47. The molecule has 94 valence electrons. The molecule has 1 aliphatic rings. The van der Waals surface area contributed by atoms with E-state index in [1.807, 2.05) is 6.07 Å². The molecule has 1 heterocycles. The van der Waals surface area contributed by atoms with Crippen LogP contribution in [0.25, 0.3) is 0 Å². The summed E-state index contributed by atoms with van der Waals surface area (Å²) in [6, 6.07) is 5.14. The smallest absolute Gasteiger partial charge is 0.165 e. The molecule has 0 amide bonds. The molecule has 0 bridgehead atoms. The van der Waals surface area contributed by atoms with Crippen molar-refractivity contribution in [3.8, 4) is 5.75 Å². The maximum atomic E-state index is 13.6. The van der Waals surface area contributed by atoms with E-state index in [-0.39, 0.29) is 10.6 Å². The molecule has 1 fully saturated rings. The fourth-order valence-electron chi connectivity index (χ4n) is 2.13. The number of hydrogen-bond donors (Lipinski definition) is 0. The largest absolute Gasteiger partial charge is 0.494 e. The van der Waals surface area contributed by atoms with Crippen molar-refractivity contribution < 1.29 is 13.9 Å². The van der Waals surface area contributed by atoms with Gasteiger partial charge in [-0.2, -0.15) is 0 Å². The number of benzene rings is 1. The van der Waals surface area contributed by atoms with Crippen molar-refractivity contribution in [2.45, 2.75) is 17.7 Å². The highest BCUT2D eigenvalue weighted by Gasteiger charge is 2.23. The quantitative estimate of drug-likeness (QED) is 0.793. The monoisotopic (exact) mass is 302 g/mol. The number of alkyl halides is 1. The lowest BCUT2D eigenvalue weighted by atomic mass is 9.92. The molecule has 1 unspecified atom stereocenters. The van der Waals surface area contributed by atoms with Crippen LogP contribution in [-0.4, -0.2) is 20.3 Å². The number of ether oxygens (including phenoxy) is 2. The number of rotatable bonds is 3. The molecule has 1 saturated heterocycles. The van der Waals surface area contributed by atoms with E-state index in [9.17, 15) is 4.39 Å². The van der Waals surface area contributed by atoms with E-state index in [0.717, 1.165) is 31.6 Å². The summed E-state index contributed by atoms with van der Waals surface area (Å²) >= 11 is 3.67. The van der Waals surface area contributed by atoms with Gasteiger partial charge < -0.3 is 9.47 Å². The summed E-state index contributed by atoms with van der Waals surface area (Å²) in [6.45, 7) is 1.59. The third-order valence-electron chi connectivity index (χ3n) is 3.17. The van der Waals surface area contributed by atoms with Gasteiger partial charge in [0.1, 0.15) is 0 Å². The minimum absolute atomic E-state index is 0.187. The summed E-state index contributed by atoms with van der Waals surface area (Å²) in [5.74, 6) is 0.499. The lowest BCUT2D eigenvalue weighted by Gasteiger charge is -2.26. The van der Waals surface area contributed by atoms with Crippen LogP contribution in [0.2, 0.25) is 0 Å². The molecular weight excluding hydrogens is 287 g/mol. The number of hydrogen-bond acceptors (Lipinski definition) is 2. The Bertz CT molecular complexity index is 378. The van der Waals surface area contributed by atoms with Crippen LogP contribution in [0.5, 0.6) is 5.75 Å². The van der Waals surface area contributed by atoms with E-state index in [4.69, 9.17) is 9.47 Å². The van der Waals surface area contributed by atoms with Crippen molar-refractivity contribution in [1.29, 1.82) is 0 Å². The van der Waals surface area contributed by atoms with Crippen molar-refractivity contribution in [2.24, 2.45) is 5.92 Å². The Labute approximate surface area is 109 Å². The maximum absolute atomic E-state index is 13.6. The Balaban J connectivity index is 2.12. The van der Waals surface area contributed by atoms with Gasteiger partial charge in [0.15, 0.2) is 11.6 Å². The van der Waals surface area contributed by atoms with Gasteiger partial charge in [-0.1, -0.05) is 22.0 Å². The number of methoxy groups -OCH3 is 1. The third-order valence-corrected chi connectivity index (χ3v) is 4.45. The van der Waals surface area contributed by atoms with Crippen LogP contribution in [-0.2, 0) is 4.74 Å². The van der Waals surface area contributed by atoms with Crippen LogP contribution in [0, 0.1) is 11.7 Å². The van der Waals surface area contributed by atoms with E-state index in [2.05, 4.69) is 15.9 Å². The SMILES string of the molecule is COc1ccc(C(Br)C2CCOCC2)cc1F. The zero-order chi connectivity index (χ0) is 12.3. The molecule has 0 N–H and O–H groups in total. The van der Waals surface area contributed by atoms with Crippen molar-refractivity contribution in [1.82, 2.24) is 0 Å². The van der Waals surface area contributed by atoms with E-state index in [1.54, 1.807) is 12.1 Å². The Morgan fingerprint density at radius 1 is 1.41 bits per heavy atom. The standard InChI is InChI=1S/C13H16BrFO2/c1-16-12-3-2-10(8-11(12)15)13(14)9-4-6-17-7-5-9/h2-3,8-9,13H,4-7H2,1H3. The highest BCUT2D eigenvalue weighted by atomic mass is 79.9. The van der Waals surface area contributed by atoms with Crippen LogP contribution < -0.4 is 4.74 Å². The van der Waals surface area contributed by atoms with Gasteiger partial charge in [0.05, 0.1) is 7.11 Å². The van der Waals surface area contributed by atoms with Crippen LogP contribution in [0.4, 0.5) is 4.39 Å². The van der Waals surface area contributed by atoms with Gasteiger partial charge in [0.2, 0.25) is 0 Å². The highest BCUT2D eigenvalue weighted by Crippen LogP contribution is 2.38. The molecule has 17 heavy (non-hydrogen) atoms. The van der Waals surface area contributed by atoms with Crippen LogP contribution in [0.3, 0.4) is 0 Å². The fourth-order valence-corrected chi connectivity index (χ4v) is 2.95. The van der Waals surface area contributed by atoms with Crippen LogP contribution in [0.1, 0.15) is 23.2 Å². The fraction of sp³-hybridized carbons (Fsp3) is 0.538. The van der Waals surface area contributed by atoms with Crippen molar-refractivity contribution >= 4 is 15.9 Å². The summed E-state index contributed by atoms with van der Waals surface area (Å²) in [5, 5.41) is 0. The first kappa shape index (κ1) is 12.8. The molecule has 2 nitrogen and oxygen atoms in total. The minimum atomic E-state index is -0.304. The summed E-state index contributed by atoms with van der Waals surface area (Å²) in [6.07, 6.45) is 2.03. The van der Waals surface area contributed by atoms with Gasteiger partial charge in [-0.25, -0.2) is 4.39 Å². The van der Waals surface area contributed by atoms with Gasteiger partial charge in [-0.15, -0.1) is 0 Å². The third kappa shape index (κ3) is 2.99. The van der Waals surface area contributed by atoms with Gasteiger partial charge in [-0.3, -0.25) is 0 Å². The average Bonchev–Trinajstić information content (AvgIpc) is 2.39. The first-order valence-corrected chi connectivity index (χ1v) is 6.69. The van der Waals surface area contributed by atoms with Crippen molar-refractivity contribution in [3.63, 3.8) is 0 Å². The number of halogens is 2.